The zero-order valence-electron chi connectivity index (χ0n) is 16.1. The SMILES string of the molecule is COc1ccccc1NC(=O)[C@@H](C)OC(=O)c1ccc(-c2ccc(O)cc2)cc1. The Hall–Kier alpha value is -3.80. The number of esters is 1. The van der Waals surface area contributed by atoms with Gasteiger partial charge in [-0.25, -0.2) is 4.79 Å². The van der Waals surface area contributed by atoms with Gasteiger partial charge < -0.3 is 19.9 Å². The number of amides is 1. The van der Waals surface area contributed by atoms with Crippen molar-refractivity contribution in [2.75, 3.05) is 12.4 Å². The molecule has 6 nitrogen and oxygen atoms in total. The van der Waals surface area contributed by atoms with Crippen molar-refractivity contribution >= 4 is 17.6 Å². The largest absolute Gasteiger partial charge is 0.508 e. The van der Waals surface area contributed by atoms with Crippen LogP contribution in [0, 0.1) is 0 Å². The summed E-state index contributed by atoms with van der Waals surface area (Å²) >= 11 is 0. The van der Waals surface area contributed by atoms with Gasteiger partial charge in [0.2, 0.25) is 0 Å². The average Bonchev–Trinajstić information content (AvgIpc) is 2.74. The Morgan fingerprint density at radius 2 is 1.48 bits per heavy atom. The van der Waals surface area contributed by atoms with Crippen molar-refractivity contribution in [3.8, 4) is 22.6 Å². The minimum absolute atomic E-state index is 0.189. The van der Waals surface area contributed by atoms with Gasteiger partial charge in [0.15, 0.2) is 6.10 Å². The molecule has 0 heterocycles. The molecule has 1 amide bonds. The van der Waals surface area contributed by atoms with Gasteiger partial charge in [-0.05, 0) is 54.4 Å². The number of phenolic OH excluding ortho intramolecular Hbond substituents is 1. The van der Waals surface area contributed by atoms with E-state index in [2.05, 4.69) is 5.32 Å². The molecular formula is C23H21NO5. The predicted molar refractivity (Wildman–Crippen MR) is 110 cm³/mol. The third-order valence-corrected chi connectivity index (χ3v) is 4.34. The lowest BCUT2D eigenvalue weighted by atomic mass is 10.0. The lowest BCUT2D eigenvalue weighted by Gasteiger charge is -2.15. The van der Waals surface area contributed by atoms with Crippen molar-refractivity contribution in [1.82, 2.24) is 0 Å². The molecule has 0 aromatic heterocycles. The molecule has 29 heavy (non-hydrogen) atoms. The fraction of sp³-hybridized carbons (Fsp3) is 0.130. The summed E-state index contributed by atoms with van der Waals surface area (Å²) in [6.45, 7) is 1.51. The molecule has 0 bridgehead atoms. The summed E-state index contributed by atoms with van der Waals surface area (Å²) in [5.41, 5.74) is 2.64. The standard InChI is InChI=1S/C23H21NO5/c1-15(22(26)24-20-5-3-4-6-21(20)28-2)29-23(27)18-9-7-16(8-10-18)17-11-13-19(25)14-12-17/h3-15,25H,1-2H3,(H,24,26)/t15-/m1/s1. The number of anilines is 1. The van der Waals surface area contributed by atoms with Crippen LogP contribution in [0.4, 0.5) is 5.69 Å². The maximum atomic E-state index is 12.4. The monoisotopic (exact) mass is 391 g/mol. The fourth-order valence-electron chi connectivity index (χ4n) is 2.72. The second-order valence-electron chi connectivity index (χ2n) is 6.36. The summed E-state index contributed by atoms with van der Waals surface area (Å²) in [5, 5.41) is 12.1. The number of phenols is 1. The Morgan fingerprint density at radius 3 is 2.10 bits per heavy atom. The summed E-state index contributed by atoms with van der Waals surface area (Å²) in [6.07, 6.45) is -0.982. The molecule has 1 atom stereocenters. The number of benzene rings is 3. The van der Waals surface area contributed by atoms with E-state index in [0.717, 1.165) is 11.1 Å². The molecule has 3 aromatic rings. The Labute approximate surface area is 168 Å². The van der Waals surface area contributed by atoms with Crippen LogP contribution in [0.1, 0.15) is 17.3 Å². The first-order valence-electron chi connectivity index (χ1n) is 9.02. The highest BCUT2D eigenvalue weighted by Gasteiger charge is 2.20. The van der Waals surface area contributed by atoms with Crippen molar-refractivity contribution < 1.29 is 24.2 Å². The van der Waals surface area contributed by atoms with E-state index in [4.69, 9.17) is 9.47 Å². The third-order valence-electron chi connectivity index (χ3n) is 4.34. The maximum Gasteiger partial charge on any atom is 0.338 e. The highest BCUT2D eigenvalue weighted by molar-refractivity contribution is 5.98. The molecule has 6 heteroatoms. The van der Waals surface area contributed by atoms with E-state index in [9.17, 15) is 14.7 Å². The van der Waals surface area contributed by atoms with Crippen molar-refractivity contribution in [3.63, 3.8) is 0 Å². The molecule has 0 saturated carbocycles. The van der Waals surface area contributed by atoms with E-state index in [1.165, 1.54) is 14.0 Å². The van der Waals surface area contributed by atoms with E-state index >= 15 is 0 Å². The van der Waals surface area contributed by atoms with Crippen LogP contribution in [-0.4, -0.2) is 30.2 Å². The topological polar surface area (TPSA) is 84.9 Å². The van der Waals surface area contributed by atoms with Crippen LogP contribution in [-0.2, 0) is 9.53 Å². The van der Waals surface area contributed by atoms with Crippen molar-refractivity contribution in [2.45, 2.75) is 13.0 Å². The highest BCUT2D eigenvalue weighted by atomic mass is 16.5. The summed E-state index contributed by atoms with van der Waals surface area (Å²) < 4.78 is 10.5. The van der Waals surface area contributed by atoms with Gasteiger partial charge in [0.05, 0.1) is 18.4 Å². The first kappa shape index (κ1) is 19.9. The number of hydrogen-bond donors (Lipinski definition) is 2. The molecule has 0 radical (unpaired) electrons. The van der Waals surface area contributed by atoms with Gasteiger partial charge in [0, 0.05) is 0 Å². The summed E-state index contributed by atoms with van der Waals surface area (Å²) in [7, 11) is 1.51. The molecule has 0 fully saturated rings. The lowest BCUT2D eigenvalue weighted by Crippen LogP contribution is -2.30. The molecule has 0 aliphatic heterocycles. The summed E-state index contributed by atoms with van der Waals surface area (Å²) in [5.74, 6) is -0.341. The Bertz CT molecular complexity index is 997. The van der Waals surface area contributed by atoms with E-state index in [-0.39, 0.29) is 5.75 Å². The second-order valence-corrected chi connectivity index (χ2v) is 6.36. The van der Waals surface area contributed by atoms with Crippen LogP contribution >= 0.6 is 0 Å². The zero-order chi connectivity index (χ0) is 20.8. The zero-order valence-corrected chi connectivity index (χ0v) is 16.1. The predicted octanol–water partition coefficient (Wildman–Crippen LogP) is 4.25. The number of rotatable bonds is 6. The molecule has 3 aromatic carbocycles. The van der Waals surface area contributed by atoms with Crippen LogP contribution in [0.5, 0.6) is 11.5 Å². The smallest absolute Gasteiger partial charge is 0.338 e. The van der Waals surface area contributed by atoms with Gasteiger partial charge in [-0.15, -0.1) is 0 Å². The average molecular weight is 391 g/mol. The number of para-hydroxylation sites is 2. The minimum atomic E-state index is -0.982. The van der Waals surface area contributed by atoms with Gasteiger partial charge in [-0.2, -0.15) is 0 Å². The van der Waals surface area contributed by atoms with E-state index in [0.29, 0.717) is 17.0 Å². The molecule has 0 aliphatic carbocycles. The number of hydrogen-bond acceptors (Lipinski definition) is 5. The van der Waals surface area contributed by atoms with Crippen LogP contribution in [0.3, 0.4) is 0 Å². The van der Waals surface area contributed by atoms with Gasteiger partial charge in [0.25, 0.3) is 5.91 Å². The van der Waals surface area contributed by atoms with Crippen molar-refractivity contribution in [2.24, 2.45) is 0 Å². The van der Waals surface area contributed by atoms with Crippen molar-refractivity contribution in [1.29, 1.82) is 0 Å². The normalized spacial score (nSPS) is 11.4. The summed E-state index contributed by atoms with van der Waals surface area (Å²) in [4.78, 5) is 24.7. The molecule has 2 N–H and O–H groups in total. The Morgan fingerprint density at radius 1 is 0.897 bits per heavy atom. The Balaban J connectivity index is 1.63. The fourth-order valence-corrected chi connectivity index (χ4v) is 2.72. The summed E-state index contributed by atoms with van der Waals surface area (Å²) in [6, 6.07) is 20.6. The molecule has 3 rings (SSSR count). The molecule has 148 valence electrons. The van der Waals surface area contributed by atoms with Crippen LogP contribution in [0.15, 0.2) is 72.8 Å². The van der Waals surface area contributed by atoms with Crippen LogP contribution in [0.25, 0.3) is 11.1 Å². The van der Waals surface area contributed by atoms with E-state index in [1.54, 1.807) is 72.8 Å². The minimum Gasteiger partial charge on any atom is -0.508 e. The number of carbonyl (C=O) groups excluding carboxylic acids is 2. The van der Waals surface area contributed by atoms with Crippen LogP contribution in [0.2, 0.25) is 0 Å². The second kappa shape index (κ2) is 8.93. The quantitative estimate of drug-likeness (QED) is 0.614. The van der Waals surface area contributed by atoms with Gasteiger partial charge in [-0.1, -0.05) is 36.4 Å². The van der Waals surface area contributed by atoms with E-state index in [1.807, 2.05) is 0 Å². The molecular weight excluding hydrogens is 370 g/mol. The number of methoxy groups -OCH3 is 1. The van der Waals surface area contributed by atoms with Crippen LogP contribution < -0.4 is 10.1 Å². The number of ether oxygens (including phenoxy) is 2. The first-order chi connectivity index (χ1) is 14.0. The first-order valence-corrected chi connectivity index (χ1v) is 9.02. The molecule has 0 unspecified atom stereocenters. The number of carbonyl (C=O) groups is 2. The number of nitrogens with one attached hydrogen (secondary N) is 1. The third kappa shape index (κ3) is 4.93. The Kier molecular flexibility index (Phi) is 6.14. The maximum absolute atomic E-state index is 12.4. The molecule has 0 aliphatic rings. The highest BCUT2D eigenvalue weighted by Crippen LogP contribution is 2.24. The van der Waals surface area contributed by atoms with Gasteiger partial charge in [0.1, 0.15) is 11.5 Å². The molecule has 0 saturated heterocycles. The number of aromatic hydroxyl groups is 1. The van der Waals surface area contributed by atoms with Gasteiger partial charge in [-0.3, -0.25) is 4.79 Å². The van der Waals surface area contributed by atoms with E-state index < -0.39 is 18.0 Å². The molecule has 0 spiro atoms. The lowest BCUT2D eigenvalue weighted by molar-refractivity contribution is -0.123. The van der Waals surface area contributed by atoms with Gasteiger partial charge >= 0.3 is 5.97 Å². The van der Waals surface area contributed by atoms with Crippen molar-refractivity contribution in [3.05, 3.63) is 78.4 Å².